The summed E-state index contributed by atoms with van der Waals surface area (Å²) in [6.45, 7) is 5.16. The molecule has 4 nitrogen and oxygen atoms in total. The molecule has 0 spiro atoms. The Balaban J connectivity index is 1.62. The second kappa shape index (κ2) is 4.61. The van der Waals surface area contributed by atoms with Crippen LogP contribution in [0.3, 0.4) is 0 Å². The third-order valence-electron chi connectivity index (χ3n) is 3.43. The summed E-state index contributed by atoms with van der Waals surface area (Å²) in [4.78, 5) is 4.50. The van der Waals surface area contributed by atoms with Crippen LogP contribution in [-0.4, -0.2) is 28.1 Å². The van der Waals surface area contributed by atoms with Crippen molar-refractivity contribution in [2.75, 3.05) is 6.61 Å². The fraction of sp³-hybridized carbons (Fsp3) is 0.833. The van der Waals surface area contributed by atoms with Crippen molar-refractivity contribution >= 4 is 11.8 Å². The molecule has 0 bridgehead atoms. The number of hydrogen-bond acceptors (Lipinski definition) is 5. The summed E-state index contributed by atoms with van der Waals surface area (Å²) < 4.78 is 10.9. The quantitative estimate of drug-likeness (QED) is 0.826. The van der Waals surface area contributed by atoms with E-state index in [0.717, 1.165) is 24.7 Å². The van der Waals surface area contributed by atoms with Crippen molar-refractivity contribution in [1.29, 1.82) is 0 Å². The van der Waals surface area contributed by atoms with E-state index in [0.29, 0.717) is 17.3 Å². The van der Waals surface area contributed by atoms with Crippen LogP contribution >= 0.6 is 11.8 Å². The molecular formula is C12H18N2O2S. The van der Waals surface area contributed by atoms with Crippen molar-refractivity contribution in [1.82, 2.24) is 10.1 Å². The van der Waals surface area contributed by atoms with Crippen LogP contribution in [0.15, 0.2) is 4.52 Å². The largest absolute Gasteiger partial charge is 0.377 e. The molecule has 1 aromatic rings. The maximum atomic E-state index is 5.57. The molecule has 2 fully saturated rings. The standard InChI is InChI=1S/C12H18N2O2S/c1-7-10(5-6-15-7)17-8(2)12-13-11(14-16-12)9-3-4-9/h7-10H,3-6H2,1-2H3/t7-,8+,10+/m1/s1. The molecule has 0 N–H and O–H groups in total. The normalized spacial score (nSPS) is 30.7. The fourth-order valence-electron chi connectivity index (χ4n) is 2.13. The molecule has 1 aliphatic heterocycles. The van der Waals surface area contributed by atoms with Crippen LogP contribution in [0.2, 0.25) is 0 Å². The van der Waals surface area contributed by atoms with Gasteiger partial charge in [0.15, 0.2) is 5.82 Å². The van der Waals surface area contributed by atoms with Gasteiger partial charge in [-0.15, -0.1) is 11.8 Å². The Bertz CT molecular complexity index is 392. The highest BCUT2D eigenvalue weighted by molar-refractivity contribution is 8.00. The lowest BCUT2D eigenvalue weighted by Crippen LogP contribution is -2.14. The van der Waals surface area contributed by atoms with Crippen LogP contribution < -0.4 is 0 Å². The van der Waals surface area contributed by atoms with E-state index in [9.17, 15) is 0 Å². The predicted octanol–water partition coefficient (Wildman–Crippen LogP) is 2.92. The van der Waals surface area contributed by atoms with E-state index in [1.54, 1.807) is 0 Å². The molecule has 5 heteroatoms. The van der Waals surface area contributed by atoms with Crippen LogP contribution in [0.5, 0.6) is 0 Å². The summed E-state index contributed by atoms with van der Waals surface area (Å²) in [6.07, 6.45) is 3.90. The number of hydrogen-bond donors (Lipinski definition) is 0. The van der Waals surface area contributed by atoms with Gasteiger partial charge in [-0.25, -0.2) is 0 Å². The van der Waals surface area contributed by atoms with E-state index >= 15 is 0 Å². The first-order valence-corrected chi connectivity index (χ1v) is 7.29. The van der Waals surface area contributed by atoms with E-state index in [-0.39, 0.29) is 5.25 Å². The summed E-state index contributed by atoms with van der Waals surface area (Å²) in [6, 6.07) is 0. The van der Waals surface area contributed by atoms with Gasteiger partial charge in [0.25, 0.3) is 0 Å². The lowest BCUT2D eigenvalue weighted by atomic mass is 10.3. The molecule has 3 atom stereocenters. The lowest BCUT2D eigenvalue weighted by Gasteiger charge is -2.16. The van der Waals surface area contributed by atoms with Gasteiger partial charge in [-0.3, -0.25) is 0 Å². The zero-order valence-corrected chi connectivity index (χ0v) is 11.1. The second-order valence-corrected chi connectivity index (χ2v) is 6.53. The van der Waals surface area contributed by atoms with Gasteiger partial charge in [-0.2, -0.15) is 4.98 Å². The number of aromatic nitrogens is 2. The minimum atomic E-state index is 0.268. The average Bonchev–Trinajstić information content (AvgIpc) is 2.91. The minimum absolute atomic E-state index is 0.268. The first-order valence-electron chi connectivity index (χ1n) is 6.34. The number of nitrogens with zero attached hydrogens (tertiary/aromatic N) is 2. The van der Waals surface area contributed by atoms with Crippen LogP contribution in [0.25, 0.3) is 0 Å². The van der Waals surface area contributed by atoms with Gasteiger partial charge in [0, 0.05) is 17.8 Å². The summed E-state index contributed by atoms with van der Waals surface area (Å²) in [5, 5.41) is 4.89. The molecule has 2 aliphatic rings. The molecule has 1 saturated heterocycles. The Kier molecular flexibility index (Phi) is 3.13. The maximum Gasteiger partial charge on any atom is 0.239 e. The molecule has 17 heavy (non-hydrogen) atoms. The fourth-order valence-corrected chi connectivity index (χ4v) is 3.40. The molecule has 2 heterocycles. The molecule has 94 valence electrons. The topological polar surface area (TPSA) is 48.2 Å². The predicted molar refractivity (Wildman–Crippen MR) is 66.1 cm³/mol. The van der Waals surface area contributed by atoms with E-state index < -0.39 is 0 Å². The molecule has 1 aromatic heterocycles. The van der Waals surface area contributed by atoms with Crippen molar-refractivity contribution in [3.8, 4) is 0 Å². The number of ether oxygens (including phenoxy) is 1. The molecular weight excluding hydrogens is 236 g/mol. The maximum absolute atomic E-state index is 5.57. The first kappa shape index (κ1) is 11.5. The second-order valence-electron chi connectivity index (χ2n) is 4.95. The summed E-state index contributed by atoms with van der Waals surface area (Å²) in [5.41, 5.74) is 0. The Labute approximate surface area is 105 Å². The molecule has 1 aliphatic carbocycles. The van der Waals surface area contributed by atoms with Crippen LogP contribution in [0.4, 0.5) is 0 Å². The Morgan fingerprint density at radius 3 is 2.82 bits per heavy atom. The van der Waals surface area contributed by atoms with Crippen LogP contribution in [0.1, 0.15) is 56.0 Å². The SMILES string of the molecule is C[C@H](S[C@H]1CCO[C@@H]1C)c1nc(C2CC2)no1. The van der Waals surface area contributed by atoms with Crippen molar-refractivity contribution in [2.24, 2.45) is 0 Å². The van der Waals surface area contributed by atoms with Crippen LogP contribution in [0, 0.1) is 0 Å². The molecule has 0 radical (unpaired) electrons. The Hall–Kier alpha value is -0.550. The van der Waals surface area contributed by atoms with Gasteiger partial charge in [-0.05, 0) is 33.1 Å². The third kappa shape index (κ3) is 2.50. The summed E-state index contributed by atoms with van der Waals surface area (Å²) in [7, 11) is 0. The Morgan fingerprint density at radius 2 is 2.18 bits per heavy atom. The van der Waals surface area contributed by atoms with E-state index in [1.807, 2.05) is 11.8 Å². The van der Waals surface area contributed by atoms with Gasteiger partial charge < -0.3 is 9.26 Å². The highest BCUT2D eigenvalue weighted by Crippen LogP contribution is 2.41. The van der Waals surface area contributed by atoms with Crippen molar-refractivity contribution < 1.29 is 9.26 Å². The van der Waals surface area contributed by atoms with Crippen molar-refractivity contribution in [3.63, 3.8) is 0 Å². The molecule has 0 amide bonds. The lowest BCUT2D eigenvalue weighted by molar-refractivity contribution is 0.127. The van der Waals surface area contributed by atoms with E-state index in [2.05, 4.69) is 24.0 Å². The van der Waals surface area contributed by atoms with E-state index in [1.165, 1.54) is 12.8 Å². The highest BCUT2D eigenvalue weighted by Gasteiger charge is 2.32. The van der Waals surface area contributed by atoms with Crippen molar-refractivity contribution in [3.05, 3.63) is 11.7 Å². The molecule has 3 rings (SSSR count). The smallest absolute Gasteiger partial charge is 0.239 e. The number of thioether (sulfide) groups is 1. The third-order valence-corrected chi connectivity index (χ3v) is 5.01. The van der Waals surface area contributed by atoms with Gasteiger partial charge in [-0.1, -0.05) is 5.16 Å². The van der Waals surface area contributed by atoms with Gasteiger partial charge in [0.05, 0.1) is 11.4 Å². The van der Waals surface area contributed by atoms with Gasteiger partial charge in [0.2, 0.25) is 5.89 Å². The van der Waals surface area contributed by atoms with Crippen LogP contribution in [-0.2, 0) is 4.74 Å². The minimum Gasteiger partial charge on any atom is -0.377 e. The zero-order chi connectivity index (χ0) is 11.8. The van der Waals surface area contributed by atoms with Crippen molar-refractivity contribution in [2.45, 2.75) is 55.6 Å². The summed E-state index contributed by atoms with van der Waals surface area (Å²) >= 11 is 1.89. The molecule has 0 aromatic carbocycles. The first-order chi connectivity index (χ1) is 8.24. The van der Waals surface area contributed by atoms with Gasteiger partial charge in [0.1, 0.15) is 0 Å². The molecule has 0 unspecified atom stereocenters. The number of rotatable bonds is 4. The zero-order valence-electron chi connectivity index (χ0n) is 10.3. The molecule has 1 saturated carbocycles. The Morgan fingerprint density at radius 1 is 1.35 bits per heavy atom. The van der Waals surface area contributed by atoms with Gasteiger partial charge >= 0.3 is 0 Å². The van der Waals surface area contributed by atoms with E-state index in [4.69, 9.17) is 9.26 Å². The average molecular weight is 254 g/mol. The summed E-state index contributed by atoms with van der Waals surface area (Å²) in [5.74, 6) is 2.25. The monoisotopic (exact) mass is 254 g/mol. The highest BCUT2D eigenvalue weighted by atomic mass is 32.2.